The van der Waals surface area contributed by atoms with Gasteiger partial charge < -0.3 is 14.6 Å². The maximum Gasteiger partial charge on any atom is 0.268 e. The summed E-state index contributed by atoms with van der Waals surface area (Å²) in [5.41, 5.74) is 4.42. The van der Waals surface area contributed by atoms with Crippen LogP contribution in [-0.2, 0) is 6.42 Å². The van der Waals surface area contributed by atoms with Crippen molar-refractivity contribution < 1.29 is 4.79 Å². The van der Waals surface area contributed by atoms with Crippen molar-refractivity contribution in [2.24, 2.45) is 0 Å². The van der Waals surface area contributed by atoms with Gasteiger partial charge >= 0.3 is 0 Å². The van der Waals surface area contributed by atoms with Crippen LogP contribution < -0.4 is 10.2 Å². The van der Waals surface area contributed by atoms with Gasteiger partial charge in [0.05, 0.1) is 0 Å². The van der Waals surface area contributed by atoms with Gasteiger partial charge in [-0.2, -0.15) is 0 Å². The van der Waals surface area contributed by atoms with Crippen LogP contribution >= 0.6 is 0 Å². The van der Waals surface area contributed by atoms with Gasteiger partial charge in [-0.05, 0) is 55.7 Å². The Morgan fingerprint density at radius 3 is 2.88 bits per heavy atom. The number of nitrogens with one attached hydrogen (secondary N) is 1. The maximum absolute atomic E-state index is 12.6. The Bertz CT molecular complexity index is 899. The second-order valence-electron chi connectivity index (χ2n) is 6.68. The number of amides is 1. The zero-order chi connectivity index (χ0) is 17.2. The number of aromatic nitrogens is 1. The molecule has 4 nitrogen and oxygen atoms in total. The monoisotopic (exact) mass is 333 g/mol. The Morgan fingerprint density at radius 2 is 1.96 bits per heavy atom. The molecule has 0 aliphatic carbocycles. The topological polar surface area (TPSA) is 36.8 Å². The molecule has 0 bridgehead atoms. The lowest BCUT2D eigenvalue weighted by Crippen LogP contribution is -2.42. The molecule has 4 rings (SSSR count). The fourth-order valence-corrected chi connectivity index (χ4v) is 3.73. The van der Waals surface area contributed by atoms with E-state index < -0.39 is 0 Å². The summed E-state index contributed by atoms with van der Waals surface area (Å²) in [6.07, 6.45) is 4.22. The fraction of sp³-hybridized carbons (Fsp3) is 0.286. The third-order valence-electron chi connectivity index (χ3n) is 5.10. The lowest BCUT2D eigenvalue weighted by Gasteiger charge is -2.37. The van der Waals surface area contributed by atoms with Gasteiger partial charge in [-0.3, -0.25) is 4.79 Å². The molecule has 1 N–H and O–H groups in total. The summed E-state index contributed by atoms with van der Waals surface area (Å²) in [4.78, 5) is 15.0. The van der Waals surface area contributed by atoms with Gasteiger partial charge in [0.2, 0.25) is 0 Å². The first-order valence-corrected chi connectivity index (χ1v) is 8.93. The number of anilines is 1. The zero-order valence-corrected chi connectivity index (χ0v) is 14.5. The highest BCUT2D eigenvalue weighted by molar-refractivity contribution is 5.93. The van der Waals surface area contributed by atoms with Crippen LogP contribution in [0.5, 0.6) is 0 Å². The van der Waals surface area contributed by atoms with E-state index in [0.717, 1.165) is 24.9 Å². The van der Waals surface area contributed by atoms with Gasteiger partial charge in [-0.1, -0.05) is 24.3 Å². The second-order valence-corrected chi connectivity index (χ2v) is 6.68. The largest absolute Gasteiger partial charge is 0.367 e. The highest BCUT2D eigenvalue weighted by Crippen LogP contribution is 2.29. The Hall–Kier alpha value is -2.75. The van der Waals surface area contributed by atoms with Gasteiger partial charge in [0.25, 0.3) is 5.91 Å². The van der Waals surface area contributed by atoms with Gasteiger partial charge in [0.15, 0.2) is 0 Å². The fourth-order valence-electron chi connectivity index (χ4n) is 3.73. The number of aryl methyl sites for hydroxylation is 1. The number of fused-ring (bicyclic) bond motifs is 2. The first-order chi connectivity index (χ1) is 12.2. The average molecular weight is 333 g/mol. The third kappa shape index (κ3) is 3.00. The van der Waals surface area contributed by atoms with Crippen LogP contribution in [0.15, 0.2) is 60.8 Å². The van der Waals surface area contributed by atoms with Crippen molar-refractivity contribution in [2.75, 3.05) is 18.0 Å². The van der Waals surface area contributed by atoms with E-state index >= 15 is 0 Å². The highest BCUT2D eigenvalue weighted by atomic mass is 16.1. The molecule has 2 aromatic heterocycles. The number of carbonyl (C=O) groups excluding carboxylic acids is 1. The summed E-state index contributed by atoms with van der Waals surface area (Å²) in [6, 6.07) is 18.8. The Morgan fingerprint density at radius 1 is 1.12 bits per heavy atom. The van der Waals surface area contributed by atoms with Gasteiger partial charge in [0.1, 0.15) is 5.69 Å². The summed E-state index contributed by atoms with van der Waals surface area (Å²) >= 11 is 0. The number of nitrogens with zero attached hydrogens (tertiary/aromatic N) is 2. The van der Waals surface area contributed by atoms with Crippen LogP contribution in [0.1, 0.15) is 29.4 Å². The van der Waals surface area contributed by atoms with Crippen molar-refractivity contribution in [3.8, 4) is 0 Å². The molecule has 4 heteroatoms. The van der Waals surface area contributed by atoms with E-state index in [1.807, 2.05) is 40.9 Å². The quantitative estimate of drug-likeness (QED) is 0.793. The minimum absolute atomic E-state index is 0.0280. The average Bonchev–Trinajstić information content (AvgIpc) is 3.12. The minimum atomic E-state index is -0.0280. The number of rotatable bonds is 4. The molecule has 3 aromatic rings. The smallest absolute Gasteiger partial charge is 0.268 e. The first kappa shape index (κ1) is 15.8. The number of hydrogen-bond acceptors (Lipinski definition) is 2. The highest BCUT2D eigenvalue weighted by Gasteiger charge is 2.22. The lowest BCUT2D eigenvalue weighted by molar-refractivity contribution is 0.0948. The van der Waals surface area contributed by atoms with Gasteiger partial charge in [-0.25, -0.2) is 0 Å². The molecule has 1 unspecified atom stereocenters. The Labute approximate surface area is 148 Å². The second kappa shape index (κ2) is 6.63. The maximum atomic E-state index is 12.6. The van der Waals surface area contributed by atoms with E-state index in [2.05, 4.69) is 41.4 Å². The van der Waals surface area contributed by atoms with E-state index in [1.165, 1.54) is 11.3 Å². The predicted octanol–water partition coefficient (Wildman–Crippen LogP) is 3.51. The van der Waals surface area contributed by atoms with Crippen molar-refractivity contribution in [1.82, 2.24) is 9.72 Å². The van der Waals surface area contributed by atoms with Gasteiger partial charge in [0, 0.05) is 36.5 Å². The first-order valence-electron chi connectivity index (χ1n) is 8.93. The molecule has 1 aliphatic rings. The Kier molecular flexibility index (Phi) is 4.18. The lowest BCUT2D eigenvalue weighted by atomic mass is 9.97. The van der Waals surface area contributed by atoms with Crippen LogP contribution in [0, 0.1) is 0 Å². The van der Waals surface area contributed by atoms with Crippen LogP contribution in [0.2, 0.25) is 0 Å². The van der Waals surface area contributed by atoms with E-state index in [1.54, 1.807) is 0 Å². The molecule has 1 aromatic carbocycles. The standard InChI is InChI=1S/C21H23N3O/c1-16-11-12-17-6-2-3-9-19(17)23(16)15-13-22-21(25)20-10-4-7-18-8-5-14-24(18)20/h2-10,14,16H,11-13,15H2,1H3,(H,22,25). The van der Waals surface area contributed by atoms with Crippen molar-refractivity contribution in [3.05, 3.63) is 72.1 Å². The van der Waals surface area contributed by atoms with E-state index in [-0.39, 0.29) is 5.91 Å². The summed E-state index contributed by atoms with van der Waals surface area (Å²) < 4.78 is 1.92. The normalized spacial score (nSPS) is 16.7. The van der Waals surface area contributed by atoms with Gasteiger partial charge in [-0.15, -0.1) is 0 Å². The Balaban J connectivity index is 1.44. The molecular formula is C21H23N3O. The number of carbonyl (C=O) groups is 1. The molecule has 0 saturated carbocycles. The van der Waals surface area contributed by atoms with E-state index in [4.69, 9.17) is 0 Å². The number of pyridine rings is 1. The van der Waals surface area contributed by atoms with Crippen LogP contribution in [0.4, 0.5) is 5.69 Å². The molecule has 3 heterocycles. The number of hydrogen-bond donors (Lipinski definition) is 1. The molecule has 1 aliphatic heterocycles. The molecule has 0 spiro atoms. The number of benzene rings is 1. The molecule has 25 heavy (non-hydrogen) atoms. The van der Waals surface area contributed by atoms with E-state index in [9.17, 15) is 4.79 Å². The molecule has 128 valence electrons. The molecular weight excluding hydrogens is 310 g/mol. The molecule has 0 radical (unpaired) electrons. The SMILES string of the molecule is CC1CCc2ccccc2N1CCNC(=O)c1cccc2cccn12. The molecule has 1 amide bonds. The summed E-state index contributed by atoms with van der Waals surface area (Å²) in [7, 11) is 0. The van der Waals surface area contributed by atoms with E-state index in [0.29, 0.717) is 18.3 Å². The van der Waals surface area contributed by atoms with Crippen molar-refractivity contribution in [2.45, 2.75) is 25.8 Å². The number of para-hydroxylation sites is 1. The zero-order valence-electron chi connectivity index (χ0n) is 14.5. The summed E-state index contributed by atoms with van der Waals surface area (Å²) in [5, 5.41) is 3.08. The van der Waals surface area contributed by atoms with Crippen molar-refractivity contribution in [3.63, 3.8) is 0 Å². The molecule has 0 saturated heterocycles. The molecule has 1 atom stereocenters. The third-order valence-corrected chi connectivity index (χ3v) is 5.10. The summed E-state index contributed by atoms with van der Waals surface area (Å²) in [5.74, 6) is -0.0280. The minimum Gasteiger partial charge on any atom is -0.367 e. The van der Waals surface area contributed by atoms with Crippen molar-refractivity contribution >= 4 is 17.1 Å². The van der Waals surface area contributed by atoms with Crippen LogP contribution in [0.25, 0.3) is 5.52 Å². The molecule has 0 fully saturated rings. The predicted molar refractivity (Wildman–Crippen MR) is 101 cm³/mol. The van der Waals surface area contributed by atoms with Crippen LogP contribution in [-0.4, -0.2) is 29.4 Å². The van der Waals surface area contributed by atoms with Crippen LogP contribution in [0.3, 0.4) is 0 Å². The van der Waals surface area contributed by atoms with Crippen molar-refractivity contribution in [1.29, 1.82) is 0 Å². The summed E-state index contributed by atoms with van der Waals surface area (Å²) in [6.45, 7) is 3.72.